The van der Waals surface area contributed by atoms with Crippen molar-refractivity contribution in [2.75, 3.05) is 18.5 Å². The molecule has 1 unspecified atom stereocenters. The van der Waals surface area contributed by atoms with Crippen molar-refractivity contribution in [2.24, 2.45) is 5.92 Å². The fraction of sp³-hybridized carbons (Fsp3) is 0.583. The molecule has 1 aromatic rings. The second-order valence-corrected chi connectivity index (χ2v) is 4.00. The molecular formula is C12H18N4O. The SMILES string of the molecule is CCC(CCO)CNc1nc(C)cc(C#N)n1. The fourth-order valence-corrected chi connectivity index (χ4v) is 1.57. The van der Waals surface area contributed by atoms with Crippen LogP contribution in [0.4, 0.5) is 5.95 Å². The smallest absolute Gasteiger partial charge is 0.224 e. The Morgan fingerprint density at radius 3 is 2.88 bits per heavy atom. The molecule has 0 amide bonds. The third-order valence-corrected chi connectivity index (χ3v) is 2.63. The minimum absolute atomic E-state index is 0.193. The van der Waals surface area contributed by atoms with E-state index in [4.69, 9.17) is 10.4 Å². The third-order valence-electron chi connectivity index (χ3n) is 2.63. The molecule has 2 N–H and O–H groups in total. The predicted molar refractivity (Wildman–Crippen MR) is 65.5 cm³/mol. The van der Waals surface area contributed by atoms with Crippen LogP contribution in [-0.2, 0) is 0 Å². The minimum Gasteiger partial charge on any atom is -0.396 e. The molecule has 0 aliphatic heterocycles. The van der Waals surface area contributed by atoms with E-state index in [9.17, 15) is 0 Å². The molecule has 0 saturated heterocycles. The number of nitrogens with zero attached hydrogens (tertiary/aromatic N) is 3. The number of nitriles is 1. The lowest BCUT2D eigenvalue weighted by molar-refractivity contribution is 0.258. The molecule has 1 heterocycles. The van der Waals surface area contributed by atoms with Crippen LogP contribution in [0, 0.1) is 24.2 Å². The van der Waals surface area contributed by atoms with Gasteiger partial charge in [-0.2, -0.15) is 5.26 Å². The number of hydrogen-bond acceptors (Lipinski definition) is 5. The van der Waals surface area contributed by atoms with Gasteiger partial charge in [0.2, 0.25) is 5.95 Å². The molecule has 5 heteroatoms. The van der Waals surface area contributed by atoms with Gasteiger partial charge in [-0.05, 0) is 25.3 Å². The van der Waals surface area contributed by atoms with Crippen LogP contribution >= 0.6 is 0 Å². The zero-order valence-electron chi connectivity index (χ0n) is 10.3. The molecule has 5 nitrogen and oxygen atoms in total. The van der Waals surface area contributed by atoms with Crippen molar-refractivity contribution in [3.63, 3.8) is 0 Å². The lowest BCUT2D eigenvalue weighted by Crippen LogP contribution is -2.16. The topological polar surface area (TPSA) is 81.8 Å². The predicted octanol–water partition coefficient (Wildman–Crippen LogP) is 1.48. The average molecular weight is 234 g/mol. The molecular weight excluding hydrogens is 216 g/mol. The van der Waals surface area contributed by atoms with E-state index in [1.807, 2.05) is 13.0 Å². The van der Waals surface area contributed by atoms with Crippen molar-refractivity contribution in [3.05, 3.63) is 17.5 Å². The number of hydrogen-bond donors (Lipinski definition) is 2. The fourth-order valence-electron chi connectivity index (χ4n) is 1.57. The van der Waals surface area contributed by atoms with Gasteiger partial charge in [-0.1, -0.05) is 13.3 Å². The van der Waals surface area contributed by atoms with Crippen LogP contribution in [0.3, 0.4) is 0 Å². The summed E-state index contributed by atoms with van der Waals surface area (Å²) in [4.78, 5) is 8.28. The third kappa shape index (κ3) is 4.37. The highest BCUT2D eigenvalue weighted by molar-refractivity contribution is 5.32. The quantitative estimate of drug-likeness (QED) is 0.779. The second-order valence-electron chi connectivity index (χ2n) is 4.00. The van der Waals surface area contributed by atoms with Crippen LogP contribution in [0.1, 0.15) is 31.2 Å². The minimum atomic E-state index is 0.193. The highest BCUT2D eigenvalue weighted by Gasteiger charge is 2.07. The molecule has 0 fully saturated rings. The van der Waals surface area contributed by atoms with Gasteiger partial charge in [-0.25, -0.2) is 9.97 Å². The highest BCUT2D eigenvalue weighted by atomic mass is 16.3. The van der Waals surface area contributed by atoms with Crippen molar-refractivity contribution in [1.82, 2.24) is 9.97 Å². The second kappa shape index (κ2) is 6.81. The maximum atomic E-state index is 8.89. The summed E-state index contributed by atoms with van der Waals surface area (Å²) >= 11 is 0. The Hall–Kier alpha value is -1.67. The van der Waals surface area contributed by atoms with Gasteiger partial charge in [0.25, 0.3) is 0 Å². The van der Waals surface area contributed by atoms with Gasteiger partial charge >= 0.3 is 0 Å². The average Bonchev–Trinajstić information content (AvgIpc) is 2.33. The Labute approximate surface area is 102 Å². The van der Waals surface area contributed by atoms with Gasteiger partial charge in [0.15, 0.2) is 0 Å². The number of aliphatic hydroxyl groups is 1. The van der Waals surface area contributed by atoms with Gasteiger partial charge in [0, 0.05) is 18.8 Å². The van der Waals surface area contributed by atoms with Crippen molar-refractivity contribution >= 4 is 5.95 Å². The summed E-state index contributed by atoms with van der Waals surface area (Å²) in [6.45, 7) is 4.82. The summed E-state index contributed by atoms with van der Waals surface area (Å²) in [7, 11) is 0. The van der Waals surface area contributed by atoms with Crippen molar-refractivity contribution < 1.29 is 5.11 Å². The summed E-state index contributed by atoms with van der Waals surface area (Å²) in [5.41, 5.74) is 1.14. The number of aryl methyl sites for hydroxylation is 1. The largest absolute Gasteiger partial charge is 0.396 e. The number of rotatable bonds is 6. The van der Waals surface area contributed by atoms with Crippen LogP contribution in [0.25, 0.3) is 0 Å². The van der Waals surface area contributed by atoms with E-state index in [2.05, 4.69) is 22.2 Å². The van der Waals surface area contributed by atoms with Crippen LogP contribution in [0.2, 0.25) is 0 Å². The molecule has 0 aliphatic carbocycles. The van der Waals surface area contributed by atoms with Crippen LogP contribution in [0.5, 0.6) is 0 Å². The van der Waals surface area contributed by atoms with Crippen molar-refractivity contribution in [3.8, 4) is 6.07 Å². The summed E-state index contributed by atoms with van der Waals surface area (Å²) in [5, 5.41) is 20.8. The molecule has 1 atom stereocenters. The first kappa shape index (κ1) is 13.4. The molecule has 0 bridgehead atoms. The lowest BCUT2D eigenvalue weighted by Gasteiger charge is -2.14. The molecule has 1 aromatic heterocycles. The molecule has 0 aromatic carbocycles. The van der Waals surface area contributed by atoms with E-state index < -0.39 is 0 Å². The number of aliphatic hydroxyl groups excluding tert-OH is 1. The van der Waals surface area contributed by atoms with Crippen molar-refractivity contribution in [1.29, 1.82) is 5.26 Å². The number of aromatic nitrogens is 2. The first-order valence-corrected chi connectivity index (χ1v) is 5.80. The van der Waals surface area contributed by atoms with Gasteiger partial charge < -0.3 is 10.4 Å². The van der Waals surface area contributed by atoms with Crippen LogP contribution in [0.15, 0.2) is 6.07 Å². The standard InChI is InChI=1S/C12H18N4O/c1-3-10(4-5-17)8-14-12-15-9(2)6-11(7-13)16-12/h6,10,17H,3-5,8H2,1-2H3,(H,14,15,16). The van der Waals surface area contributed by atoms with E-state index in [1.165, 1.54) is 0 Å². The van der Waals surface area contributed by atoms with E-state index >= 15 is 0 Å². The Kier molecular flexibility index (Phi) is 5.37. The normalized spacial score (nSPS) is 11.9. The molecule has 1 rings (SSSR count). The Morgan fingerprint density at radius 2 is 2.29 bits per heavy atom. The monoisotopic (exact) mass is 234 g/mol. The molecule has 0 aliphatic rings. The van der Waals surface area contributed by atoms with Gasteiger partial charge in [0.1, 0.15) is 11.8 Å². The van der Waals surface area contributed by atoms with E-state index in [0.29, 0.717) is 24.1 Å². The van der Waals surface area contributed by atoms with Gasteiger partial charge in [0.05, 0.1) is 0 Å². The Morgan fingerprint density at radius 1 is 1.53 bits per heavy atom. The highest BCUT2D eigenvalue weighted by Crippen LogP contribution is 2.09. The molecule has 0 saturated carbocycles. The summed E-state index contributed by atoms with van der Waals surface area (Å²) in [6.07, 6.45) is 1.75. The molecule has 0 radical (unpaired) electrons. The number of nitrogens with one attached hydrogen (secondary N) is 1. The van der Waals surface area contributed by atoms with Crippen LogP contribution in [-0.4, -0.2) is 28.2 Å². The van der Waals surface area contributed by atoms with Crippen molar-refractivity contribution in [2.45, 2.75) is 26.7 Å². The number of anilines is 1. The van der Waals surface area contributed by atoms with Gasteiger partial charge in [-0.15, -0.1) is 0 Å². The summed E-state index contributed by atoms with van der Waals surface area (Å²) < 4.78 is 0. The first-order valence-electron chi connectivity index (χ1n) is 5.80. The first-order chi connectivity index (χ1) is 8.19. The molecule has 0 spiro atoms. The maximum absolute atomic E-state index is 8.89. The van der Waals surface area contributed by atoms with E-state index in [1.54, 1.807) is 6.07 Å². The summed E-state index contributed by atoms with van der Waals surface area (Å²) in [6, 6.07) is 3.65. The summed E-state index contributed by atoms with van der Waals surface area (Å²) in [5.74, 6) is 0.882. The molecule has 92 valence electrons. The zero-order chi connectivity index (χ0) is 12.7. The van der Waals surface area contributed by atoms with E-state index in [-0.39, 0.29) is 6.61 Å². The Balaban J connectivity index is 2.62. The zero-order valence-corrected chi connectivity index (χ0v) is 10.3. The molecule has 17 heavy (non-hydrogen) atoms. The van der Waals surface area contributed by atoms with Gasteiger partial charge in [-0.3, -0.25) is 0 Å². The van der Waals surface area contributed by atoms with E-state index in [0.717, 1.165) is 18.5 Å². The van der Waals surface area contributed by atoms with Crippen LogP contribution < -0.4 is 5.32 Å². The Bertz CT molecular complexity index is 400. The lowest BCUT2D eigenvalue weighted by atomic mass is 10.0. The maximum Gasteiger partial charge on any atom is 0.224 e.